The molecule has 0 aliphatic heterocycles. The van der Waals surface area contributed by atoms with Gasteiger partial charge in [0.05, 0.1) is 75.9 Å². The van der Waals surface area contributed by atoms with E-state index >= 15 is 0 Å². The molecule has 119 heavy (non-hydrogen) atoms. The number of phenolic OH excluding ortho intramolecular Hbond substituents is 1. The third-order valence-corrected chi connectivity index (χ3v) is 23.4. The molecule has 15 heteroatoms. The Kier molecular flexibility index (Phi) is 34.9. The van der Waals surface area contributed by atoms with Crippen LogP contribution in [0, 0.1) is 30.6 Å². The van der Waals surface area contributed by atoms with E-state index in [4.69, 9.17) is 38.0 Å². The fourth-order valence-corrected chi connectivity index (χ4v) is 16.1. The summed E-state index contributed by atoms with van der Waals surface area (Å²) >= 11 is 0. The molecule has 5 aliphatic carbocycles. The molecule has 15 rings (SSSR count). The van der Waals surface area contributed by atoms with Crippen molar-refractivity contribution in [3.63, 3.8) is 0 Å². The third kappa shape index (κ3) is 25.0. The second-order valence-corrected chi connectivity index (χ2v) is 31.8. The molecule has 0 radical (unpaired) electrons. The quantitative estimate of drug-likeness (QED) is 0.0139. The summed E-state index contributed by atoms with van der Waals surface area (Å²) in [5.41, 5.74) is 24.9. The van der Waals surface area contributed by atoms with Gasteiger partial charge in [-0.3, -0.25) is 24.2 Å². The number of methoxy groups -OCH3 is 4. The van der Waals surface area contributed by atoms with Crippen molar-refractivity contribution < 1.29 is 67.4 Å². The largest absolute Gasteiger partial charge is 0.508 e. The molecular weight excluding hydrogens is 1490 g/mol. The molecule has 3 heterocycles. The van der Waals surface area contributed by atoms with Crippen molar-refractivity contribution in [1.82, 2.24) is 4.98 Å². The normalized spacial score (nSPS) is 16.2. The Labute approximate surface area is 703 Å². The second-order valence-electron chi connectivity index (χ2n) is 31.8. The van der Waals surface area contributed by atoms with Gasteiger partial charge < -0.3 is 48.2 Å². The number of unbranched alkanes of at least 4 members (excludes halogenated alkanes) is 3. The zero-order chi connectivity index (χ0) is 85.7. The summed E-state index contributed by atoms with van der Waals surface area (Å²) in [5, 5.41) is 39.0. The number of carbonyl (C=O) groups excluding carboxylic acids is 4. The number of aliphatic hydroxyl groups excluding tert-OH is 2. The maximum atomic E-state index is 12.4. The Hall–Kier alpha value is -11.6. The maximum absolute atomic E-state index is 12.4. The van der Waals surface area contributed by atoms with Crippen LogP contribution in [0.3, 0.4) is 0 Å². The van der Waals surface area contributed by atoms with E-state index in [9.17, 15) is 29.4 Å². The van der Waals surface area contributed by atoms with Crippen LogP contribution in [0.2, 0.25) is 0 Å². The Balaban J connectivity index is 0.000000160. The lowest BCUT2D eigenvalue weighted by molar-refractivity contribution is -0.114. The molecule has 10 aromatic rings. The molecular formula is C104H121NO14. The number of para-hydroxylation sites is 2. The van der Waals surface area contributed by atoms with Crippen LogP contribution in [-0.2, 0) is 24.2 Å². The minimum absolute atomic E-state index is 0.0834. The van der Waals surface area contributed by atoms with Crippen LogP contribution in [0.25, 0.3) is 38.8 Å². The number of pyridine rings is 1. The first-order chi connectivity index (χ1) is 57.4. The summed E-state index contributed by atoms with van der Waals surface area (Å²) in [6.07, 6.45) is 29.8. The molecule has 4 N–H and O–H groups in total. The molecule has 0 saturated carbocycles. The molecule has 5 aliphatic rings. The van der Waals surface area contributed by atoms with E-state index in [-0.39, 0.29) is 53.4 Å². The van der Waals surface area contributed by atoms with Crippen molar-refractivity contribution in [2.24, 2.45) is 23.7 Å². The average Bonchev–Trinajstić information content (AvgIpc) is 1.64. The highest BCUT2D eigenvalue weighted by molar-refractivity contribution is 6.16. The minimum Gasteiger partial charge on any atom is -0.508 e. The number of furan rings is 2. The number of hydrogen-bond donors (Lipinski definition) is 4. The highest BCUT2D eigenvalue weighted by Gasteiger charge is 2.31. The number of phenols is 2. The number of nitrogens with zero attached hydrogens (tertiary/aromatic N) is 1. The first kappa shape index (κ1) is 91.4. The molecule has 2 unspecified atom stereocenters. The number of aromatic hydroxyl groups is 2. The number of Topliss-reactive ketones (excluding diaryl/α,β-unsaturated/α-hetero) is 2. The summed E-state index contributed by atoms with van der Waals surface area (Å²) in [6.45, 7) is 22.9. The number of ketones is 4. The van der Waals surface area contributed by atoms with E-state index in [1.54, 1.807) is 180 Å². The van der Waals surface area contributed by atoms with E-state index in [0.29, 0.717) is 69.1 Å². The van der Waals surface area contributed by atoms with Crippen LogP contribution in [0.15, 0.2) is 254 Å². The van der Waals surface area contributed by atoms with Crippen LogP contribution < -0.4 is 18.9 Å². The number of aromatic nitrogens is 1. The molecule has 4 atom stereocenters. The third-order valence-electron chi connectivity index (χ3n) is 23.4. The zero-order valence-corrected chi connectivity index (χ0v) is 72.1. The van der Waals surface area contributed by atoms with Gasteiger partial charge in [-0.15, -0.1) is 0 Å². The fraction of sp³-hybridized carbons (Fsp3) is 0.356. The van der Waals surface area contributed by atoms with Crippen molar-refractivity contribution in [1.29, 1.82) is 0 Å². The van der Waals surface area contributed by atoms with Crippen LogP contribution >= 0.6 is 0 Å². The van der Waals surface area contributed by atoms with Gasteiger partial charge in [-0.25, -0.2) is 0 Å². The topological polar surface area (TPSA) is 225 Å². The lowest BCUT2D eigenvalue weighted by Gasteiger charge is -2.12. The predicted molar refractivity (Wildman–Crippen MR) is 479 cm³/mol. The standard InChI is InChI=1S/2C18H14O4.C17H24O3.2C15H24.C14H13NO.C7H8O2/c2*1-21-18-13(7-8-17-14(18)9-10-22-17)16(20)11-15(19)12-5-3-2-4-6-12;1-2-3-4-5-6-7-16(19)10-8-14-9-11-17(20)15(12-14)13-18;2*1-10(2)13-7-5-11(3)14-8-6-12(4)15(14)9-13;1-9-14-8-10-7-11(16-2)3-4-12(10)13(14)5-6-15-9;1-9-7-5-3-2-4-6(7)8/h2-10H,11H2,1H3;2-11,19H,1H3;6-7,9,11-12,18,20H,2-5,8,10,13H2,1H3;2*11-12H,5-9H2,1-4H3;3-7H,8H2,1-2H3;2-5,8H,1H3/b;15-11-;7-6+;;;;/t;;;11-,12-;;;/m...0.../s1. The highest BCUT2D eigenvalue weighted by atomic mass is 16.5. The van der Waals surface area contributed by atoms with Gasteiger partial charge >= 0.3 is 0 Å². The van der Waals surface area contributed by atoms with Crippen molar-refractivity contribution in [2.45, 2.75) is 191 Å². The maximum Gasteiger partial charge on any atom is 0.193 e. The number of benzene rings is 7. The number of fused-ring (bicyclic) bond motifs is 5. The molecule has 0 fully saturated rings. The number of carbonyl (C=O) groups is 4. The summed E-state index contributed by atoms with van der Waals surface area (Å²) in [6, 6.07) is 48.1. The van der Waals surface area contributed by atoms with Gasteiger partial charge in [0.15, 0.2) is 34.6 Å². The Morgan fingerprint density at radius 3 is 1.65 bits per heavy atom. The number of aryl methyl sites for hydroxylation is 2. The zero-order valence-electron chi connectivity index (χ0n) is 72.1. The second kappa shape index (κ2) is 45.4. The summed E-state index contributed by atoms with van der Waals surface area (Å²) in [5.74, 6) is 5.24. The van der Waals surface area contributed by atoms with Crippen LogP contribution in [0.5, 0.6) is 34.5 Å². The molecule has 7 aromatic carbocycles. The Morgan fingerprint density at radius 1 is 0.546 bits per heavy atom. The van der Waals surface area contributed by atoms with Crippen LogP contribution in [0.4, 0.5) is 0 Å². The summed E-state index contributed by atoms with van der Waals surface area (Å²) in [7, 11) is 6.22. The average molecular weight is 1610 g/mol. The number of rotatable bonds is 20. The predicted octanol–water partition coefficient (Wildman–Crippen LogP) is 25.8. The highest BCUT2D eigenvalue weighted by Crippen LogP contribution is 2.47. The monoisotopic (exact) mass is 1610 g/mol. The number of allylic oxidation sites excluding steroid dienone is 11. The number of hydrogen-bond acceptors (Lipinski definition) is 15. The van der Waals surface area contributed by atoms with E-state index in [0.717, 1.165) is 70.7 Å². The van der Waals surface area contributed by atoms with E-state index in [1.165, 1.54) is 133 Å². The van der Waals surface area contributed by atoms with Crippen molar-refractivity contribution in [3.8, 4) is 45.6 Å². The number of ether oxygens (including phenoxy) is 4. The molecule has 626 valence electrons. The lowest BCUT2D eigenvalue weighted by atomic mass is 9.94. The summed E-state index contributed by atoms with van der Waals surface area (Å²) < 4.78 is 31.3. The smallest absolute Gasteiger partial charge is 0.193 e. The first-order valence-electron chi connectivity index (χ1n) is 41.9. The molecule has 0 amide bonds. The molecule has 0 bridgehead atoms. The van der Waals surface area contributed by atoms with E-state index in [1.807, 2.05) is 41.6 Å². The van der Waals surface area contributed by atoms with Gasteiger partial charge in [0.1, 0.15) is 39.9 Å². The van der Waals surface area contributed by atoms with Crippen molar-refractivity contribution in [2.75, 3.05) is 28.4 Å². The Bertz CT molecular complexity index is 5220. The SMILES string of the molecule is CC(C)=C1CCC(C)C2=C(C1)C(C)CC2.CC(C)=C1CC[C@H](C)C2=C(C1)[C@@H](C)CC2.CCCCC/C=C/C(=O)CCc1ccc(O)c(CO)c1.COc1c(C(=O)/C=C(\O)c2ccccc2)ccc2occc12.COc1c(C(=O)CC(=O)c2ccccc2)ccc2occc12.COc1ccc2c(c1)Cc1c-2ccnc1C.COc1ccccc1O. The molecule has 3 aromatic heterocycles. The number of aliphatic hydroxyl groups is 2. The molecule has 0 spiro atoms. The van der Waals surface area contributed by atoms with E-state index < -0.39 is 0 Å². The molecule has 0 saturated heterocycles. The van der Waals surface area contributed by atoms with Gasteiger partial charge in [-0.05, 0) is 255 Å². The minimum atomic E-state index is -0.332. The van der Waals surface area contributed by atoms with Gasteiger partial charge in [0, 0.05) is 47.5 Å². The van der Waals surface area contributed by atoms with Crippen molar-refractivity contribution in [3.05, 3.63) is 296 Å². The van der Waals surface area contributed by atoms with Gasteiger partial charge in [-0.1, -0.05) is 183 Å². The lowest BCUT2D eigenvalue weighted by Crippen LogP contribution is -2.09. The van der Waals surface area contributed by atoms with Crippen LogP contribution in [0.1, 0.15) is 230 Å². The first-order valence-corrected chi connectivity index (χ1v) is 41.9. The van der Waals surface area contributed by atoms with Crippen molar-refractivity contribution >= 4 is 50.8 Å². The van der Waals surface area contributed by atoms with Gasteiger partial charge in [0.25, 0.3) is 0 Å². The van der Waals surface area contributed by atoms with E-state index in [2.05, 4.69) is 92.4 Å². The van der Waals surface area contributed by atoms with Gasteiger partial charge in [0.2, 0.25) is 0 Å². The Morgan fingerprint density at radius 2 is 1.10 bits per heavy atom. The van der Waals surface area contributed by atoms with Gasteiger partial charge in [-0.2, -0.15) is 0 Å². The summed E-state index contributed by atoms with van der Waals surface area (Å²) in [4.78, 5) is 53.1. The molecule has 15 nitrogen and oxygen atoms in total. The van der Waals surface area contributed by atoms with Crippen LogP contribution in [-0.4, -0.2) is 77.0 Å². The fourth-order valence-electron chi connectivity index (χ4n) is 16.1.